The first-order chi connectivity index (χ1) is 15.0. The highest BCUT2D eigenvalue weighted by Gasteiger charge is 2.53. The molecule has 0 bridgehead atoms. The number of sulfone groups is 1. The van der Waals surface area contributed by atoms with Crippen LogP contribution < -0.4 is 5.56 Å². The van der Waals surface area contributed by atoms with Crippen LogP contribution in [0.5, 0.6) is 0 Å². The Kier molecular flexibility index (Phi) is 6.99. The highest BCUT2D eigenvalue weighted by Crippen LogP contribution is 2.36. The van der Waals surface area contributed by atoms with E-state index in [1.165, 1.54) is 10.9 Å². The minimum Gasteiger partial charge on any atom is -0.481 e. The molecule has 11 heteroatoms. The van der Waals surface area contributed by atoms with Gasteiger partial charge in [0.1, 0.15) is 0 Å². The van der Waals surface area contributed by atoms with Crippen LogP contribution in [-0.2, 0) is 26.0 Å². The zero-order valence-corrected chi connectivity index (χ0v) is 19.2. The lowest BCUT2D eigenvalue weighted by Crippen LogP contribution is -2.39. The summed E-state index contributed by atoms with van der Waals surface area (Å²) >= 11 is 0. The number of aromatic nitrogens is 2. The van der Waals surface area contributed by atoms with Crippen molar-refractivity contribution in [3.05, 3.63) is 40.9 Å². The number of nitrogens with zero attached hydrogens (tertiary/aromatic N) is 4. The summed E-state index contributed by atoms with van der Waals surface area (Å²) < 4.78 is 26.4. The Hall–Kier alpha value is -2.79. The summed E-state index contributed by atoms with van der Waals surface area (Å²) in [5, 5.41) is 7.46. The molecule has 1 amide bonds. The zero-order chi connectivity index (χ0) is 23.6. The molecule has 2 aromatic rings. The summed E-state index contributed by atoms with van der Waals surface area (Å²) in [5.41, 5.74) is 0.453. The first-order valence-corrected chi connectivity index (χ1v) is 12.0. The smallest absolute Gasteiger partial charge is 0.300 e. The number of likely N-dealkylation sites (tertiary alicyclic amines) is 1. The predicted octanol–water partition coefficient (Wildman–Crippen LogP) is 0.0631. The molecule has 2 fully saturated rings. The molecule has 0 saturated carbocycles. The van der Waals surface area contributed by atoms with Gasteiger partial charge in [0.05, 0.1) is 28.2 Å². The number of carbonyl (C=O) groups excluding carboxylic acids is 1. The number of fused-ring (bicyclic) bond motifs is 2. The molecule has 3 atom stereocenters. The van der Waals surface area contributed by atoms with Gasteiger partial charge in [-0.2, -0.15) is 0 Å². The largest absolute Gasteiger partial charge is 0.481 e. The molecule has 1 N–H and O–H groups in total. The monoisotopic (exact) mass is 464 g/mol. The van der Waals surface area contributed by atoms with E-state index in [1.807, 2.05) is 25.1 Å². The number of hydrogen-bond acceptors (Lipinski definition) is 7. The summed E-state index contributed by atoms with van der Waals surface area (Å²) in [5.74, 6) is -0.841. The molecule has 4 rings (SSSR count). The Morgan fingerprint density at radius 3 is 2.53 bits per heavy atom. The molecule has 0 radical (unpaired) electrons. The van der Waals surface area contributed by atoms with Crippen molar-refractivity contribution in [3.63, 3.8) is 0 Å². The van der Waals surface area contributed by atoms with Gasteiger partial charge in [-0.3, -0.25) is 19.0 Å². The Bertz CT molecular complexity index is 1170. The van der Waals surface area contributed by atoms with Gasteiger partial charge in [0.25, 0.3) is 11.5 Å². The van der Waals surface area contributed by atoms with Gasteiger partial charge in [0.15, 0.2) is 9.84 Å². The fourth-order valence-corrected chi connectivity index (χ4v) is 6.88. The van der Waals surface area contributed by atoms with E-state index in [9.17, 15) is 18.0 Å². The van der Waals surface area contributed by atoms with Crippen LogP contribution in [0.3, 0.4) is 0 Å². The third-order valence-corrected chi connectivity index (χ3v) is 8.21. The van der Waals surface area contributed by atoms with Crippen molar-refractivity contribution in [1.82, 2.24) is 19.4 Å². The van der Waals surface area contributed by atoms with Gasteiger partial charge >= 0.3 is 0 Å². The standard InChI is InChI=1S/C19H24N4O4S.C2H4O2/c1-21(2)16-11-28(26,27)17-10-23(9-14(16)17)18(24)7-8-22-12-20-15-6-4-3-5-13(15)19(22)25;1-2(3)4/h3-6,12,14,16-17H,7-11H2,1-2H3;1H3,(H,3,4)/t14-,16+,17-;/m0./s1. The fourth-order valence-electron chi connectivity index (χ4n) is 4.41. The molecule has 32 heavy (non-hydrogen) atoms. The predicted molar refractivity (Wildman–Crippen MR) is 119 cm³/mol. The topological polar surface area (TPSA) is 130 Å². The van der Waals surface area contributed by atoms with E-state index in [0.29, 0.717) is 17.4 Å². The quantitative estimate of drug-likeness (QED) is 0.673. The van der Waals surface area contributed by atoms with Crippen LogP contribution in [0.15, 0.2) is 35.4 Å². The number of carbonyl (C=O) groups is 2. The lowest BCUT2D eigenvalue weighted by molar-refractivity contribution is -0.134. The number of amides is 1. The highest BCUT2D eigenvalue weighted by atomic mass is 32.2. The van der Waals surface area contributed by atoms with Gasteiger partial charge in [0, 0.05) is 44.9 Å². The Morgan fingerprint density at radius 2 is 1.88 bits per heavy atom. The zero-order valence-electron chi connectivity index (χ0n) is 18.3. The van der Waals surface area contributed by atoms with E-state index in [1.54, 1.807) is 23.1 Å². The molecule has 0 aliphatic carbocycles. The van der Waals surface area contributed by atoms with Crippen molar-refractivity contribution in [2.24, 2.45) is 5.92 Å². The van der Waals surface area contributed by atoms with Crippen LogP contribution in [0.2, 0.25) is 0 Å². The molecule has 174 valence electrons. The van der Waals surface area contributed by atoms with Gasteiger partial charge in [-0.25, -0.2) is 13.4 Å². The van der Waals surface area contributed by atoms with Crippen LogP contribution in [0, 0.1) is 5.92 Å². The summed E-state index contributed by atoms with van der Waals surface area (Å²) in [6.45, 7) is 2.02. The average Bonchev–Trinajstić information content (AvgIpc) is 3.26. The molecule has 2 aliphatic heterocycles. The van der Waals surface area contributed by atoms with E-state index >= 15 is 0 Å². The van der Waals surface area contributed by atoms with Crippen molar-refractivity contribution < 1.29 is 23.1 Å². The van der Waals surface area contributed by atoms with Crippen molar-refractivity contribution >= 4 is 32.6 Å². The first kappa shape index (κ1) is 23.9. The van der Waals surface area contributed by atoms with Crippen molar-refractivity contribution in [2.75, 3.05) is 32.9 Å². The first-order valence-electron chi connectivity index (χ1n) is 10.3. The molecule has 2 aliphatic rings. The lowest BCUT2D eigenvalue weighted by atomic mass is 10.00. The third-order valence-electron chi connectivity index (χ3n) is 5.98. The molecular formula is C21H28N4O6S. The average molecular weight is 465 g/mol. The molecule has 1 aromatic heterocycles. The number of benzene rings is 1. The van der Waals surface area contributed by atoms with Crippen LogP contribution in [-0.4, -0.2) is 89.0 Å². The van der Waals surface area contributed by atoms with Crippen LogP contribution in [0.4, 0.5) is 0 Å². The SMILES string of the molecule is CC(=O)O.CN(C)[C@@H]1CS(=O)(=O)[C@H]2CN(C(=O)CCn3cnc4ccccc4c3=O)C[C@@H]12. The molecule has 0 unspecified atom stereocenters. The lowest BCUT2D eigenvalue weighted by Gasteiger charge is -2.25. The van der Waals surface area contributed by atoms with Gasteiger partial charge in [-0.15, -0.1) is 0 Å². The van der Waals surface area contributed by atoms with Crippen LogP contribution in [0.1, 0.15) is 13.3 Å². The van der Waals surface area contributed by atoms with E-state index < -0.39 is 21.1 Å². The van der Waals surface area contributed by atoms with Crippen LogP contribution >= 0.6 is 0 Å². The van der Waals surface area contributed by atoms with Crippen LogP contribution in [0.25, 0.3) is 10.9 Å². The Morgan fingerprint density at radius 1 is 1.22 bits per heavy atom. The summed E-state index contributed by atoms with van der Waals surface area (Å²) in [4.78, 5) is 42.1. The number of carboxylic acids is 1. The van der Waals surface area contributed by atoms with Gasteiger partial charge in [-0.05, 0) is 26.2 Å². The van der Waals surface area contributed by atoms with Crippen molar-refractivity contribution in [1.29, 1.82) is 0 Å². The Labute approximate surface area is 186 Å². The summed E-state index contributed by atoms with van der Waals surface area (Å²) in [6.07, 6.45) is 1.61. The maximum atomic E-state index is 12.7. The van der Waals surface area contributed by atoms with Crippen molar-refractivity contribution in [2.45, 2.75) is 31.2 Å². The minimum atomic E-state index is -3.18. The summed E-state index contributed by atoms with van der Waals surface area (Å²) in [7, 11) is 0.579. The molecule has 3 heterocycles. The maximum Gasteiger partial charge on any atom is 0.300 e. The normalized spacial score (nSPS) is 23.6. The fraction of sp³-hybridized carbons (Fsp3) is 0.524. The second-order valence-corrected chi connectivity index (χ2v) is 10.7. The number of para-hydroxylation sites is 1. The number of hydrogen-bond donors (Lipinski definition) is 1. The van der Waals surface area contributed by atoms with Gasteiger partial charge < -0.3 is 14.9 Å². The summed E-state index contributed by atoms with van der Waals surface area (Å²) in [6, 6.07) is 7.04. The molecule has 2 saturated heterocycles. The van der Waals surface area contributed by atoms with E-state index in [2.05, 4.69) is 4.98 Å². The van der Waals surface area contributed by atoms with E-state index in [0.717, 1.165) is 6.92 Å². The molecular weight excluding hydrogens is 436 g/mol. The number of rotatable bonds is 4. The second kappa shape index (κ2) is 9.37. The van der Waals surface area contributed by atoms with E-state index in [4.69, 9.17) is 9.90 Å². The van der Waals surface area contributed by atoms with E-state index in [-0.39, 0.29) is 48.7 Å². The number of aryl methyl sites for hydroxylation is 1. The highest BCUT2D eigenvalue weighted by molar-refractivity contribution is 7.92. The van der Waals surface area contributed by atoms with Gasteiger partial charge in [-0.1, -0.05) is 12.1 Å². The Balaban J connectivity index is 0.000000668. The second-order valence-electron chi connectivity index (χ2n) is 8.39. The number of aliphatic carboxylic acids is 1. The van der Waals surface area contributed by atoms with Gasteiger partial charge in [0.2, 0.25) is 5.91 Å². The number of carboxylic acid groups (broad SMARTS) is 1. The molecule has 0 spiro atoms. The minimum absolute atomic E-state index is 0.0472. The molecule has 1 aromatic carbocycles. The van der Waals surface area contributed by atoms with Crippen molar-refractivity contribution in [3.8, 4) is 0 Å². The maximum absolute atomic E-state index is 12.7. The molecule has 10 nitrogen and oxygen atoms in total. The third kappa shape index (κ3) is 4.99.